The monoisotopic (exact) mass is 487 g/mol. The van der Waals surface area contributed by atoms with Crippen LogP contribution in [0.4, 0.5) is 14.9 Å². The Hall–Kier alpha value is -3.44. The molecule has 0 N–H and O–H groups in total. The average Bonchev–Trinajstić information content (AvgIpc) is 3.57. The smallest absolute Gasteiger partial charge is 0.414 e. The van der Waals surface area contributed by atoms with E-state index in [9.17, 15) is 9.59 Å². The second kappa shape index (κ2) is 9.31. The lowest BCUT2D eigenvalue weighted by atomic mass is 9.98. The van der Waals surface area contributed by atoms with E-state index in [0.717, 1.165) is 5.57 Å². The quantitative estimate of drug-likeness (QED) is 0.613. The van der Waals surface area contributed by atoms with Gasteiger partial charge in [-0.25, -0.2) is 9.18 Å². The minimum atomic E-state index is -0.770. The molecule has 3 aliphatic heterocycles. The van der Waals surface area contributed by atoms with Gasteiger partial charge in [0.15, 0.2) is 18.0 Å². The number of hydrogen-bond acceptors (Lipinski definition) is 8. The molecule has 186 valence electrons. The van der Waals surface area contributed by atoms with Gasteiger partial charge in [0.05, 0.1) is 18.8 Å². The van der Waals surface area contributed by atoms with E-state index in [1.54, 1.807) is 36.9 Å². The Kier molecular flexibility index (Phi) is 6.20. The van der Waals surface area contributed by atoms with Gasteiger partial charge in [-0.05, 0) is 49.2 Å². The number of anilines is 1. The molecular weight excluding hydrogens is 461 g/mol. The molecule has 0 radical (unpaired) electrons. The van der Waals surface area contributed by atoms with Crippen LogP contribution in [0.15, 0.2) is 41.1 Å². The number of aromatic nitrogens is 1. The van der Waals surface area contributed by atoms with Crippen molar-refractivity contribution >= 4 is 23.3 Å². The van der Waals surface area contributed by atoms with Crippen LogP contribution < -0.4 is 9.64 Å². The van der Waals surface area contributed by atoms with Gasteiger partial charge in [-0.15, -0.1) is 0 Å². The number of amides is 2. The fraction of sp³-hybridized carbons (Fsp3) is 0.458. The molecule has 2 saturated heterocycles. The van der Waals surface area contributed by atoms with Crippen LogP contribution in [0.1, 0.15) is 25.8 Å². The molecule has 2 aromatic rings. The second-order valence-electron chi connectivity index (χ2n) is 9.01. The van der Waals surface area contributed by atoms with Crippen LogP contribution in [0, 0.1) is 5.82 Å². The molecule has 2 atom stereocenters. The highest BCUT2D eigenvalue weighted by Crippen LogP contribution is 2.31. The third-order valence-corrected chi connectivity index (χ3v) is 6.12. The number of rotatable bonds is 6. The van der Waals surface area contributed by atoms with Gasteiger partial charge in [0.2, 0.25) is 0 Å². The highest BCUT2D eigenvalue weighted by Gasteiger charge is 2.39. The molecule has 4 heterocycles. The normalized spacial score (nSPS) is 23.9. The Bertz CT molecular complexity index is 1130. The zero-order chi connectivity index (χ0) is 24.6. The van der Waals surface area contributed by atoms with E-state index in [1.165, 1.54) is 17.2 Å². The van der Waals surface area contributed by atoms with E-state index in [0.29, 0.717) is 36.6 Å². The minimum absolute atomic E-state index is 0.104. The molecule has 0 aliphatic carbocycles. The van der Waals surface area contributed by atoms with Crippen LogP contribution in [0.25, 0.3) is 5.57 Å². The van der Waals surface area contributed by atoms with Crippen molar-refractivity contribution in [2.75, 3.05) is 37.7 Å². The summed E-state index contributed by atoms with van der Waals surface area (Å²) < 4.78 is 41.6. The van der Waals surface area contributed by atoms with Crippen LogP contribution >= 0.6 is 0 Å². The Morgan fingerprint density at radius 2 is 2.17 bits per heavy atom. The zero-order valence-electron chi connectivity index (χ0n) is 19.4. The Morgan fingerprint density at radius 1 is 1.31 bits per heavy atom. The number of carbonyl (C=O) groups is 2. The van der Waals surface area contributed by atoms with Crippen LogP contribution in [-0.4, -0.2) is 72.9 Å². The van der Waals surface area contributed by atoms with E-state index in [4.69, 9.17) is 23.5 Å². The molecular formula is C24H26FN3O7. The van der Waals surface area contributed by atoms with Gasteiger partial charge in [0.1, 0.15) is 18.7 Å². The first-order valence-corrected chi connectivity index (χ1v) is 11.4. The van der Waals surface area contributed by atoms with Crippen molar-refractivity contribution in [2.45, 2.75) is 38.3 Å². The molecule has 10 nitrogen and oxygen atoms in total. The molecule has 11 heteroatoms. The number of nitrogens with zero attached hydrogens (tertiary/aromatic N) is 3. The van der Waals surface area contributed by atoms with Crippen molar-refractivity contribution in [3.8, 4) is 5.88 Å². The molecule has 2 amide bonds. The van der Waals surface area contributed by atoms with E-state index in [1.807, 2.05) is 6.08 Å². The Balaban J connectivity index is 1.20. The maximum atomic E-state index is 15.1. The third kappa shape index (κ3) is 5.01. The second-order valence-corrected chi connectivity index (χ2v) is 9.01. The summed E-state index contributed by atoms with van der Waals surface area (Å²) in [5.41, 5.74) is 1.65. The number of ether oxygens (including phenoxy) is 4. The number of carbonyl (C=O) groups excluding carboxylic acids is 2. The van der Waals surface area contributed by atoms with Gasteiger partial charge >= 0.3 is 6.09 Å². The predicted molar refractivity (Wildman–Crippen MR) is 120 cm³/mol. The lowest BCUT2D eigenvalue weighted by molar-refractivity contribution is -0.159. The van der Waals surface area contributed by atoms with Crippen molar-refractivity contribution in [2.24, 2.45) is 0 Å². The SMILES string of the molecule is CC1(C)OC[C@@H](C(=O)N2CC=C(c3ccc(N4C[C@H](COc5ccon5)OC4=O)cc3F)CC2)O1. The molecule has 5 rings (SSSR count). The fourth-order valence-electron chi connectivity index (χ4n) is 4.33. The summed E-state index contributed by atoms with van der Waals surface area (Å²) in [6.45, 7) is 4.91. The average molecular weight is 487 g/mol. The number of benzene rings is 1. The van der Waals surface area contributed by atoms with Gasteiger partial charge in [-0.1, -0.05) is 6.08 Å². The molecule has 0 bridgehead atoms. The molecule has 0 saturated carbocycles. The summed E-state index contributed by atoms with van der Waals surface area (Å²) in [5, 5.41) is 3.64. The highest BCUT2D eigenvalue weighted by atomic mass is 19.1. The van der Waals surface area contributed by atoms with E-state index >= 15 is 4.39 Å². The van der Waals surface area contributed by atoms with Gasteiger partial charge in [-0.3, -0.25) is 9.69 Å². The summed E-state index contributed by atoms with van der Waals surface area (Å²) in [6, 6.07) is 6.21. The molecule has 0 spiro atoms. The topological polar surface area (TPSA) is 104 Å². The standard InChI is InChI=1S/C24H26FN3O7/c1-24(2)32-14-20(35-24)22(29)27-8-5-15(6-9-27)18-4-3-16(11-19(18)25)28-12-17(34-23(28)30)13-31-21-7-10-33-26-21/h3-5,7,10-11,17,20H,6,8-9,12-14H2,1-2H3/t17-,20+/m1/s1. The highest BCUT2D eigenvalue weighted by molar-refractivity contribution is 5.90. The molecule has 0 unspecified atom stereocenters. The minimum Gasteiger partial charge on any atom is -0.471 e. The van der Waals surface area contributed by atoms with Crippen LogP contribution in [-0.2, 0) is 19.0 Å². The van der Waals surface area contributed by atoms with Crippen molar-refractivity contribution in [1.29, 1.82) is 0 Å². The first kappa shape index (κ1) is 23.3. The first-order valence-electron chi connectivity index (χ1n) is 11.4. The van der Waals surface area contributed by atoms with Crippen LogP contribution in [0.5, 0.6) is 5.88 Å². The largest absolute Gasteiger partial charge is 0.471 e. The molecule has 3 aliphatic rings. The molecule has 35 heavy (non-hydrogen) atoms. The number of halogens is 1. The third-order valence-electron chi connectivity index (χ3n) is 6.12. The van der Waals surface area contributed by atoms with Crippen molar-refractivity contribution in [1.82, 2.24) is 10.1 Å². The van der Waals surface area contributed by atoms with Crippen molar-refractivity contribution in [3.63, 3.8) is 0 Å². The molecule has 1 aromatic carbocycles. The lowest BCUT2D eigenvalue weighted by Gasteiger charge is -2.29. The van der Waals surface area contributed by atoms with Gasteiger partial charge in [0.25, 0.3) is 11.8 Å². The van der Waals surface area contributed by atoms with Crippen molar-refractivity contribution in [3.05, 3.63) is 48.0 Å². The first-order chi connectivity index (χ1) is 16.8. The predicted octanol–water partition coefficient (Wildman–Crippen LogP) is 2.99. The summed E-state index contributed by atoms with van der Waals surface area (Å²) in [6.07, 6.45) is 2.02. The van der Waals surface area contributed by atoms with Gasteiger partial charge in [0, 0.05) is 24.7 Å². The number of hydrogen-bond donors (Lipinski definition) is 0. The van der Waals surface area contributed by atoms with Crippen molar-refractivity contribution < 1.29 is 37.5 Å². The summed E-state index contributed by atoms with van der Waals surface area (Å²) in [5.74, 6) is -1.05. The Labute approximate surface area is 201 Å². The Morgan fingerprint density at radius 3 is 2.83 bits per heavy atom. The summed E-state index contributed by atoms with van der Waals surface area (Å²) in [4.78, 5) is 28.1. The van der Waals surface area contributed by atoms with E-state index in [2.05, 4.69) is 5.16 Å². The van der Waals surface area contributed by atoms with Crippen LogP contribution in [0.3, 0.4) is 0 Å². The maximum Gasteiger partial charge on any atom is 0.414 e. The number of cyclic esters (lactones) is 1. The van der Waals surface area contributed by atoms with Gasteiger partial charge in [-0.2, -0.15) is 0 Å². The van der Waals surface area contributed by atoms with E-state index < -0.39 is 29.9 Å². The van der Waals surface area contributed by atoms with Gasteiger partial charge < -0.3 is 28.4 Å². The lowest BCUT2D eigenvalue weighted by Crippen LogP contribution is -2.43. The zero-order valence-corrected chi connectivity index (χ0v) is 19.4. The molecule has 2 fully saturated rings. The summed E-state index contributed by atoms with van der Waals surface area (Å²) >= 11 is 0. The summed E-state index contributed by atoms with van der Waals surface area (Å²) in [7, 11) is 0. The molecule has 1 aromatic heterocycles. The van der Waals surface area contributed by atoms with Crippen LogP contribution in [0.2, 0.25) is 0 Å². The van der Waals surface area contributed by atoms with E-state index in [-0.39, 0.29) is 25.7 Å². The maximum absolute atomic E-state index is 15.1. The fourth-order valence-corrected chi connectivity index (χ4v) is 4.33.